The van der Waals surface area contributed by atoms with Crippen molar-refractivity contribution >= 4 is 52.7 Å². The second-order valence-electron chi connectivity index (χ2n) is 3.81. The van der Waals surface area contributed by atoms with Crippen LogP contribution in [-0.2, 0) is 4.79 Å². The molecule has 0 saturated heterocycles. The number of carbonyl (C=O) groups is 2. The molecule has 0 aliphatic rings. The van der Waals surface area contributed by atoms with Crippen molar-refractivity contribution in [3.8, 4) is 0 Å². The van der Waals surface area contributed by atoms with Crippen LogP contribution >= 0.6 is 34.8 Å². The number of benzene rings is 1. The van der Waals surface area contributed by atoms with E-state index in [9.17, 15) is 19.7 Å². The van der Waals surface area contributed by atoms with E-state index in [1.807, 2.05) is 0 Å². The molecule has 1 aromatic rings. The van der Waals surface area contributed by atoms with Gasteiger partial charge in [0.1, 0.15) is 0 Å². The summed E-state index contributed by atoms with van der Waals surface area (Å²) < 4.78 is -1.84. The zero-order valence-electron chi connectivity index (χ0n) is 9.89. The Bertz CT molecular complexity index is 513. The summed E-state index contributed by atoms with van der Waals surface area (Å²) >= 11 is 16.9. The number of nitro benzene ring substituents is 1. The van der Waals surface area contributed by atoms with Gasteiger partial charge in [0.25, 0.3) is 5.69 Å². The summed E-state index contributed by atoms with van der Waals surface area (Å²) in [6.07, 6.45) is 0.0860. The molecule has 0 saturated carbocycles. The Morgan fingerprint density at radius 3 is 2.30 bits per heavy atom. The van der Waals surface area contributed by atoms with Gasteiger partial charge in [-0.2, -0.15) is 0 Å². The van der Waals surface area contributed by atoms with E-state index >= 15 is 0 Å². The zero-order chi connectivity index (χ0) is 15.3. The average molecular weight is 340 g/mol. The van der Waals surface area contributed by atoms with Crippen LogP contribution in [0.5, 0.6) is 0 Å². The van der Waals surface area contributed by atoms with Crippen LogP contribution in [0.15, 0.2) is 24.3 Å². The van der Waals surface area contributed by atoms with Crippen molar-refractivity contribution in [3.05, 3.63) is 39.9 Å². The number of non-ortho nitro benzene ring substituents is 1. The highest BCUT2D eigenvalue weighted by molar-refractivity contribution is 6.68. The van der Waals surface area contributed by atoms with Gasteiger partial charge in [0, 0.05) is 24.1 Å². The minimum Gasteiger partial charge on any atom is -0.351 e. The molecular formula is C11H9Cl3N2O4. The molecule has 1 atom stereocenters. The molecule has 0 heterocycles. The van der Waals surface area contributed by atoms with Crippen LogP contribution < -0.4 is 5.32 Å². The lowest BCUT2D eigenvalue weighted by Crippen LogP contribution is -2.41. The van der Waals surface area contributed by atoms with E-state index in [0.717, 1.165) is 0 Å². The molecule has 1 aromatic carbocycles. The fraction of sp³-hybridized carbons (Fsp3) is 0.273. The zero-order valence-corrected chi connectivity index (χ0v) is 12.2. The Kier molecular flexibility index (Phi) is 5.74. The smallest absolute Gasteiger partial charge is 0.269 e. The number of nitro groups is 1. The maximum absolute atomic E-state index is 12.0. The molecule has 108 valence electrons. The molecule has 1 rings (SSSR count). The monoisotopic (exact) mass is 338 g/mol. The topological polar surface area (TPSA) is 89.3 Å². The summed E-state index contributed by atoms with van der Waals surface area (Å²) in [7, 11) is 0. The summed E-state index contributed by atoms with van der Waals surface area (Å²) in [5.41, 5.74) is 0.0908. The molecule has 0 fully saturated rings. The minimum absolute atomic E-state index is 0.134. The number of Topliss-reactive ketones (excluding diaryl/α,β-unsaturated/α-hetero) is 1. The molecule has 20 heavy (non-hydrogen) atoms. The summed E-state index contributed by atoms with van der Waals surface area (Å²) in [4.78, 5) is 32.3. The summed E-state index contributed by atoms with van der Waals surface area (Å²) in [6, 6.07) is 4.01. The Balaban J connectivity index is 2.83. The number of rotatable bonds is 6. The molecule has 9 heteroatoms. The standard InChI is InChI=1S/C11H9Cl3N2O4/c12-11(13,14)10(15-6-17)5-9(18)7-1-3-8(4-2-7)16(19)20/h1-4,6,10H,5H2,(H,15,17)/t10-/m1/s1. The van der Waals surface area contributed by atoms with E-state index < -0.39 is 20.5 Å². The fourth-order valence-corrected chi connectivity index (χ4v) is 1.84. The highest BCUT2D eigenvalue weighted by atomic mass is 35.6. The summed E-state index contributed by atoms with van der Waals surface area (Å²) in [5.74, 6) is -0.412. The van der Waals surface area contributed by atoms with Crippen molar-refractivity contribution in [3.63, 3.8) is 0 Å². The third-order valence-electron chi connectivity index (χ3n) is 2.45. The molecule has 0 bridgehead atoms. The summed E-state index contributed by atoms with van der Waals surface area (Å²) in [5, 5.41) is 12.7. The van der Waals surface area contributed by atoms with E-state index in [0.29, 0.717) is 6.41 Å². The molecule has 0 aliphatic heterocycles. The predicted molar refractivity (Wildman–Crippen MR) is 75.3 cm³/mol. The van der Waals surface area contributed by atoms with Crippen LogP contribution in [0, 0.1) is 10.1 Å². The van der Waals surface area contributed by atoms with E-state index in [4.69, 9.17) is 34.8 Å². The van der Waals surface area contributed by atoms with Crippen LogP contribution in [0.3, 0.4) is 0 Å². The molecule has 6 nitrogen and oxygen atoms in total. The highest BCUT2D eigenvalue weighted by Crippen LogP contribution is 2.32. The molecule has 0 radical (unpaired) electrons. The third-order valence-corrected chi connectivity index (χ3v) is 3.24. The Hall–Kier alpha value is -1.37. The van der Waals surface area contributed by atoms with Crippen LogP contribution in [0.2, 0.25) is 0 Å². The summed E-state index contributed by atoms with van der Waals surface area (Å²) in [6.45, 7) is 0. The minimum atomic E-state index is -1.84. The van der Waals surface area contributed by atoms with Gasteiger partial charge in [0.05, 0.1) is 11.0 Å². The Labute approximate surface area is 129 Å². The predicted octanol–water partition coefficient (Wildman–Crippen LogP) is 2.65. The lowest BCUT2D eigenvalue weighted by Gasteiger charge is -2.22. The first-order chi connectivity index (χ1) is 9.25. The maximum atomic E-state index is 12.0. The number of nitrogens with zero attached hydrogens (tertiary/aromatic N) is 1. The number of nitrogens with one attached hydrogen (secondary N) is 1. The number of hydrogen-bond donors (Lipinski definition) is 1. The first-order valence-electron chi connectivity index (χ1n) is 5.29. The van der Waals surface area contributed by atoms with Crippen LogP contribution in [0.1, 0.15) is 16.8 Å². The number of hydrogen-bond acceptors (Lipinski definition) is 4. The van der Waals surface area contributed by atoms with E-state index in [1.165, 1.54) is 24.3 Å². The molecule has 0 aliphatic carbocycles. The number of alkyl halides is 3. The van der Waals surface area contributed by atoms with E-state index in [1.54, 1.807) is 0 Å². The van der Waals surface area contributed by atoms with Gasteiger partial charge in [-0.1, -0.05) is 34.8 Å². The number of carbonyl (C=O) groups excluding carboxylic acids is 2. The highest BCUT2D eigenvalue weighted by Gasteiger charge is 2.34. The van der Waals surface area contributed by atoms with Gasteiger partial charge >= 0.3 is 0 Å². The van der Waals surface area contributed by atoms with Crippen molar-refractivity contribution in [1.29, 1.82) is 0 Å². The van der Waals surface area contributed by atoms with E-state index in [2.05, 4.69) is 5.32 Å². The third kappa shape index (κ3) is 4.63. The number of halogens is 3. The Morgan fingerprint density at radius 2 is 1.90 bits per heavy atom. The van der Waals surface area contributed by atoms with Crippen molar-refractivity contribution in [1.82, 2.24) is 5.32 Å². The normalized spacial score (nSPS) is 12.6. The average Bonchev–Trinajstić information content (AvgIpc) is 2.37. The van der Waals surface area contributed by atoms with Crippen molar-refractivity contribution < 1.29 is 14.5 Å². The second-order valence-corrected chi connectivity index (χ2v) is 6.18. The first-order valence-corrected chi connectivity index (χ1v) is 6.43. The fourth-order valence-electron chi connectivity index (χ4n) is 1.42. The molecule has 1 N–H and O–H groups in total. The van der Waals surface area contributed by atoms with E-state index in [-0.39, 0.29) is 17.7 Å². The largest absolute Gasteiger partial charge is 0.351 e. The molecular weight excluding hydrogens is 330 g/mol. The number of amides is 1. The quantitative estimate of drug-likeness (QED) is 0.284. The first kappa shape index (κ1) is 16.7. The lowest BCUT2D eigenvalue weighted by atomic mass is 10.0. The van der Waals surface area contributed by atoms with Gasteiger partial charge in [0.2, 0.25) is 10.2 Å². The van der Waals surface area contributed by atoms with Gasteiger partial charge in [-0.15, -0.1) is 0 Å². The molecule has 0 aromatic heterocycles. The molecule has 1 amide bonds. The molecule has 0 unspecified atom stereocenters. The Morgan fingerprint density at radius 1 is 1.35 bits per heavy atom. The van der Waals surface area contributed by atoms with Crippen LogP contribution in [0.4, 0.5) is 5.69 Å². The van der Waals surface area contributed by atoms with Gasteiger partial charge < -0.3 is 5.32 Å². The van der Waals surface area contributed by atoms with Gasteiger partial charge in [-0.3, -0.25) is 19.7 Å². The SMILES string of the molecule is O=CN[C@H](CC(=O)c1ccc([N+](=O)[O-])cc1)C(Cl)(Cl)Cl. The van der Waals surface area contributed by atoms with Crippen LogP contribution in [-0.4, -0.2) is 27.0 Å². The second kappa shape index (κ2) is 6.88. The van der Waals surface area contributed by atoms with Gasteiger partial charge in [0.15, 0.2) is 5.78 Å². The number of ketones is 1. The van der Waals surface area contributed by atoms with Crippen molar-refractivity contribution in [2.75, 3.05) is 0 Å². The molecule has 0 spiro atoms. The van der Waals surface area contributed by atoms with Crippen LogP contribution in [0.25, 0.3) is 0 Å². The maximum Gasteiger partial charge on any atom is 0.269 e. The van der Waals surface area contributed by atoms with Gasteiger partial charge in [-0.05, 0) is 12.1 Å². The van der Waals surface area contributed by atoms with Crippen molar-refractivity contribution in [2.24, 2.45) is 0 Å². The van der Waals surface area contributed by atoms with Crippen molar-refractivity contribution in [2.45, 2.75) is 16.3 Å². The lowest BCUT2D eigenvalue weighted by molar-refractivity contribution is -0.384. The van der Waals surface area contributed by atoms with Gasteiger partial charge in [-0.25, -0.2) is 0 Å².